The number of halogens is 4. The maximum atomic E-state index is 12.8. The first-order chi connectivity index (χ1) is 8.45. The van der Waals surface area contributed by atoms with Gasteiger partial charge in [-0.1, -0.05) is 12.1 Å². The van der Waals surface area contributed by atoms with Gasteiger partial charge >= 0.3 is 6.18 Å². The minimum Gasteiger partial charge on any atom is -0.296 e. The third kappa shape index (κ3) is 2.26. The second-order valence-electron chi connectivity index (χ2n) is 3.41. The summed E-state index contributed by atoms with van der Waals surface area (Å²) in [5.41, 5.74) is 0.150. The Morgan fingerprint density at radius 1 is 1.28 bits per heavy atom. The lowest BCUT2D eigenvalue weighted by Gasteiger charge is -2.13. The molecular weight excluding hydrogens is 360 g/mol. The highest BCUT2D eigenvalue weighted by Crippen LogP contribution is 2.31. The average molecular weight is 366 g/mol. The van der Waals surface area contributed by atoms with Crippen LogP contribution in [-0.4, -0.2) is 15.8 Å². The van der Waals surface area contributed by atoms with Gasteiger partial charge in [0, 0.05) is 3.57 Å². The third-order valence-corrected chi connectivity index (χ3v) is 3.17. The van der Waals surface area contributed by atoms with Crippen LogP contribution in [0.1, 0.15) is 16.3 Å². The molecular formula is C11H6F3IN2O. The number of imidazole rings is 1. The standard InChI is InChI=1S/C11H6F3IN2O/c12-11(13,14)10-16-5-7(6-18)17(10)9-4-2-1-3-8(9)15/h1-6H. The molecule has 1 aromatic carbocycles. The molecule has 2 aromatic rings. The molecule has 3 nitrogen and oxygen atoms in total. The highest BCUT2D eigenvalue weighted by molar-refractivity contribution is 14.1. The Bertz CT molecular complexity index is 592. The van der Waals surface area contributed by atoms with Crippen molar-refractivity contribution in [2.75, 3.05) is 0 Å². The molecule has 0 bridgehead atoms. The van der Waals surface area contributed by atoms with Crippen LogP contribution >= 0.6 is 22.6 Å². The van der Waals surface area contributed by atoms with Crippen molar-refractivity contribution in [2.45, 2.75) is 6.18 Å². The first-order valence-corrected chi connectivity index (χ1v) is 5.88. The molecule has 7 heteroatoms. The van der Waals surface area contributed by atoms with Crippen LogP contribution < -0.4 is 0 Å². The molecule has 0 saturated heterocycles. The largest absolute Gasteiger partial charge is 0.450 e. The Morgan fingerprint density at radius 3 is 2.50 bits per heavy atom. The fourth-order valence-corrected chi connectivity index (χ4v) is 2.16. The van der Waals surface area contributed by atoms with Crippen molar-refractivity contribution >= 4 is 28.9 Å². The number of aromatic nitrogens is 2. The number of hydrogen-bond acceptors (Lipinski definition) is 2. The lowest BCUT2D eigenvalue weighted by atomic mass is 10.3. The monoisotopic (exact) mass is 366 g/mol. The first-order valence-electron chi connectivity index (χ1n) is 4.80. The summed E-state index contributed by atoms with van der Waals surface area (Å²) in [5, 5.41) is 0. The molecule has 0 atom stereocenters. The predicted molar refractivity (Wildman–Crippen MR) is 66.7 cm³/mol. The lowest BCUT2D eigenvalue weighted by Crippen LogP contribution is -2.16. The topological polar surface area (TPSA) is 34.9 Å². The van der Waals surface area contributed by atoms with E-state index < -0.39 is 12.0 Å². The van der Waals surface area contributed by atoms with Gasteiger partial charge in [0.1, 0.15) is 5.69 Å². The molecule has 0 N–H and O–H groups in total. The van der Waals surface area contributed by atoms with Gasteiger partial charge in [0.25, 0.3) is 0 Å². The minimum absolute atomic E-state index is 0.133. The SMILES string of the molecule is O=Cc1cnc(C(F)(F)F)n1-c1ccccc1I. The Morgan fingerprint density at radius 2 is 1.94 bits per heavy atom. The highest BCUT2D eigenvalue weighted by atomic mass is 127. The molecule has 0 aliphatic heterocycles. The van der Waals surface area contributed by atoms with E-state index >= 15 is 0 Å². The van der Waals surface area contributed by atoms with Crippen molar-refractivity contribution in [2.24, 2.45) is 0 Å². The van der Waals surface area contributed by atoms with Gasteiger partial charge in [-0.2, -0.15) is 13.2 Å². The molecule has 0 saturated carbocycles. The van der Waals surface area contributed by atoms with E-state index in [2.05, 4.69) is 4.98 Å². The highest BCUT2D eigenvalue weighted by Gasteiger charge is 2.38. The number of carbonyl (C=O) groups is 1. The van der Waals surface area contributed by atoms with Crippen molar-refractivity contribution in [3.8, 4) is 5.69 Å². The van der Waals surface area contributed by atoms with Crippen LogP contribution in [0.15, 0.2) is 30.5 Å². The number of benzene rings is 1. The minimum atomic E-state index is -4.61. The number of alkyl halides is 3. The van der Waals surface area contributed by atoms with Crippen LogP contribution in [0.4, 0.5) is 13.2 Å². The molecule has 0 amide bonds. The number of rotatable bonds is 2. The van der Waals surface area contributed by atoms with Crippen molar-refractivity contribution < 1.29 is 18.0 Å². The number of carbonyl (C=O) groups excluding carboxylic acids is 1. The van der Waals surface area contributed by atoms with Crippen LogP contribution in [-0.2, 0) is 6.18 Å². The molecule has 1 heterocycles. The van der Waals surface area contributed by atoms with Gasteiger partial charge in [-0.15, -0.1) is 0 Å². The molecule has 0 unspecified atom stereocenters. The maximum Gasteiger partial charge on any atom is 0.450 e. The number of nitrogens with zero attached hydrogens (tertiary/aromatic N) is 2. The quantitative estimate of drug-likeness (QED) is 0.604. The van der Waals surface area contributed by atoms with Crippen molar-refractivity contribution in [1.29, 1.82) is 0 Å². The van der Waals surface area contributed by atoms with Crippen LogP contribution in [0.25, 0.3) is 5.69 Å². The van der Waals surface area contributed by atoms with E-state index in [1.54, 1.807) is 18.2 Å². The summed E-state index contributed by atoms with van der Waals surface area (Å²) in [4.78, 5) is 14.1. The van der Waals surface area contributed by atoms with Gasteiger partial charge in [0.05, 0.1) is 11.9 Å². The van der Waals surface area contributed by atoms with E-state index in [9.17, 15) is 18.0 Å². The summed E-state index contributed by atoms with van der Waals surface area (Å²) >= 11 is 1.91. The van der Waals surface area contributed by atoms with Crippen LogP contribution in [0.2, 0.25) is 0 Å². The Hall–Kier alpha value is -1.38. The fraction of sp³-hybridized carbons (Fsp3) is 0.0909. The number of hydrogen-bond donors (Lipinski definition) is 0. The van der Waals surface area contributed by atoms with Crippen LogP contribution in [0.3, 0.4) is 0 Å². The zero-order valence-electron chi connectivity index (χ0n) is 8.78. The molecule has 0 aliphatic carbocycles. The van der Waals surface area contributed by atoms with Gasteiger partial charge < -0.3 is 0 Å². The lowest BCUT2D eigenvalue weighted by molar-refractivity contribution is -0.145. The zero-order chi connectivity index (χ0) is 13.3. The molecule has 0 fully saturated rings. The van der Waals surface area contributed by atoms with Crippen molar-refractivity contribution in [3.63, 3.8) is 0 Å². The summed E-state index contributed by atoms with van der Waals surface area (Å²) < 4.78 is 39.9. The summed E-state index contributed by atoms with van der Waals surface area (Å²) in [6.45, 7) is 0. The smallest absolute Gasteiger partial charge is 0.296 e. The maximum absolute atomic E-state index is 12.8. The van der Waals surface area contributed by atoms with E-state index in [4.69, 9.17) is 0 Å². The first kappa shape index (κ1) is 13.1. The molecule has 2 rings (SSSR count). The Balaban J connectivity index is 2.73. The second-order valence-corrected chi connectivity index (χ2v) is 4.57. The van der Waals surface area contributed by atoms with E-state index in [0.717, 1.165) is 10.8 Å². The van der Waals surface area contributed by atoms with Crippen LogP contribution in [0.5, 0.6) is 0 Å². The normalized spacial score (nSPS) is 11.6. The molecule has 18 heavy (non-hydrogen) atoms. The van der Waals surface area contributed by atoms with E-state index in [-0.39, 0.29) is 11.4 Å². The van der Waals surface area contributed by atoms with Crippen molar-refractivity contribution in [1.82, 2.24) is 9.55 Å². The molecule has 0 aliphatic rings. The average Bonchev–Trinajstić information content (AvgIpc) is 2.72. The predicted octanol–water partition coefficient (Wildman–Crippen LogP) is 3.31. The van der Waals surface area contributed by atoms with Gasteiger partial charge in [-0.25, -0.2) is 4.98 Å². The fourth-order valence-electron chi connectivity index (χ4n) is 1.53. The van der Waals surface area contributed by atoms with Crippen LogP contribution in [0, 0.1) is 3.57 Å². The second kappa shape index (κ2) is 4.71. The third-order valence-electron chi connectivity index (χ3n) is 2.26. The molecule has 0 radical (unpaired) electrons. The van der Waals surface area contributed by atoms with E-state index in [1.807, 2.05) is 22.6 Å². The summed E-state index contributed by atoms with van der Waals surface area (Å²) in [7, 11) is 0. The summed E-state index contributed by atoms with van der Waals surface area (Å²) in [6.07, 6.45) is -3.34. The summed E-state index contributed by atoms with van der Waals surface area (Å²) in [5.74, 6) is -1.10. The number of aldehydes is 1. The van der Waals surface area contributed by atoms with E-state index in [0.29, 0.717) is 9.86 Å². The Labute approximate surface area is 114 Å². The van der Waals surface area contributed by atoms with Crippen molar-refractivity contribution in [3.05, 3.63) is 45.6 Å². The molecule has 0 spiro atoms. The van der Waals surface area contributed by atoms with Gasteiger partial charge in [-0.05, 0) is 34.7 Å². The molecule has 94 valence electrons. The molecule has 1 aromatic heterocycles. The van der Waals surface area contributed by atoms with Gasteiger partial charge in [0.15, 0.2) is 6.29 Å². The summed E-state index contributed by atoms with van der Waals surface area (Å²) in [6, 6.07) is 6.47. The Kier molecular flexibility index (Phi) is 3.42. The van der Waals surface area contributed by atoms with E-state index in [1.165, 1.54) is 6.07 Å². The zero-order valence-corrected chi connectivity index (χ0v) is 10.9. The number of para-hydroxylation sites is 1. The van der Waals surface area contributed by atoms with Gasteiger partial charge in [-0.3, -0.25) is 9.36 Å². The van der Waals surface area contributed by atoms with Gasteiger partial charge in [0.2, 0.25) is 5.82 Å².